The monoisotopic (exact) mass is 457 g/mol. The fourth-order valence-electron chi connectivity index (χ4n) is 3.11. The summed E-state index contributed by atoms with van der Waals surface area (Å²) in [5.41, 5.74) is 0.280. The van der Waals surface area contributed by atoms with Crippen LogP contribution in [0.3, 0.4) is 0 Å². The van der Waals surface area contributed by atoms with E-state index in [2.05, 4.69) is 27.6 Å². The van der Waals surface area contributed by atoms with Crippen molar-refractivity contribution in [3.05, 3.63) is 87.0 Å². The van der Waals surface area contributed by atoms with Gasteiger partial charge in [-0.2, -0.15) is 5.10 Å². The van der Waals surface area contributed by atoms with Crippen LogP contribution in [0.15, 0.2) is 64.4 Å². The Morgan fingerprint density at radius 1 is 1.28 bits per heavy atom. The molecule has 0 saturated heterocycles. The Morgan fingerprint density at radius 3 is 2.62 bits per heavy atom. The molecule has 5 nitrogen and oxygen atoms in total. The zero-order valence-electron chi connectivity index (χ0n) is 16.2. The molecule has 1 aromatic heterocycles. The van der Waals surface area contributed by atoms with Gasteiger partial charge in [0.1, 0.15) is 5.82 Å². The average molecular weight is 458 g/mol. The Bertz CT molecular complexity index is 1140. The number of carbonyl (C=O) groups excluding carboxylic acids is 1. The van der Waals surface area contributed by atoms with Crippen LogP contribution in [0.5, 0.6) is 0 Å². The zero-order valence-corrected chi connectivity index (χ0v) is 17.8. The Hall–Kier alpha value is -2.80. The molecule has 0 saturated carbocycles. The summed E-state index contributed by atoms with van der Waals surface area (Å²) in [7, 11) is 0. The van der Waals surface area contributed by atoms with E-state index in [1.54, 1.807) is 42.5 Å². The number of benzene rings is 2. The first-order chi connectivity index (χ1) is 13.8. The van der Waals surface area contributed by atoms with Gasteiger partial charge in [0, 0.05) is 28.5 Å². The van der Waals surface area contributed by atoms with Crippen molar-refractivity contribution in [3.8, 4) is 0 Å². The summed E-state index contributed by atoms with van der Waals surface area (Å²) in [4.78, 5) is 27.6. The molecular formula is C22H21BrFN3O2. The first-order valence-corrected chi connectivity index (χ1v) is 9.98. The summed E-state index contributed by atoms with van der Waals surface area (Å²) in [5.74, 6) is -0.796. The number of nitrogens with zero attached hydrogens (tertiary/aromatic N) is 3. The minimum atomic E-state index is -0.403. The molecule has 0 unspecified atom stereocenters. The van der Waals surface area contributed by atoms with Gasteiger partial charge in [-0.25, -0.2) is 9.07 Å². The quantitative estimate of drug-likeness (QED) is 0.503. The number of rotatable bonds is 6. The van der Waals surface area contributed by atoms with E-state index in [1.807, 2.05) is 13.8 Å². The number of aromatic nitrogens is 2. The summed E-state index contributed by atoms with van der Waals surface area (Å²) in [6.07, 6.45) is 1.58. The number of fused-ring (bicyclic) bond motifs is 1. The molecule has 0 radical (unpaired) electrons. The Balaban J connectivity index is 2.12. The average Bonchev–Trinajstić information content (AvgIpc) is 2.70. The Kier molecular flexibility index (Phi) is 6.27. The summed E-state index contributed by atoms with van der Waals surface area (Å²) in [5, 5.41) is 5.26. The second-order valence-electron chi connectivity index (χ2n) is 6.95. The lowest BCUT2D eigenvalue weighted by molar-refractivity contribution is 0.0754. The van der Waals surface area contributed by atoms with Crippen molar-refractivity contribution >= 4 is 32.6 Å². The molecule has 0 spiro atoms. The lowest BCUT2D eigenvalue weighted by Gasteiger charge is -2.23. The van der Waals surface area contributed by atoms with E-state index in [1.165, 1.54) is 15.6 Å². The SMILES string of the molecule is C=CCN(Cc1cc(Br)ccc1F)C(=O)c1nn(C(C)C)c(=O)c2ccccc12. The second kappa shape index (κ2) is 8.69. The van der Waals surface area contributed by atoms with E-state index in [9.17, 15) is 14.0 Å². The number of hydrogen-bond donors (Lipinski definition) is 0. The van der Waals surface area contributed by atoms with Crippen molar-refractivity contribution in [2.24, 2.45) is 0 Å². The molecule has 3 rings (SSSR count). The molecule has 1 amide bonds. The number of carbonyl (C=O) groups is 1. The first-order valence-electron chi connectivity index (χ1n) is 9.19. The van der Waals surface area contributed by atoms with E-state index < -0.39 is 11.7 Å². The normalized spacial score (nSPS) is 11.1. The zero-order chi connectivity index (χ0) is 21.1. The van der Waals surface area contributed by atoms with Crippen molar-refractivity contribution in [1.29, 1.82) is 0 Å². The van der Waals surface area contributed by atoms with Crippen molar-refractivity contribution in [2.45, 2.75) is 26.4 Å². The van der Waals surface area contributed by atoms with Gasteiger partial charge in [0.25, 0.3) is 11.5 Å². The maximum absolute atomic E-state index is 14.3. The molecule has 0 atom stereocenters. The van der Waals surface area contributed by atoms with Gasteiger partial charge >= 0.3 is 0 Å². The van der Waals surface area contributed by atoms with Gasteiger partial charge in [0.05, 0.1) is 11.4 Å². The highest BCUT2D eigenvalue weighted by Crippen LogP contribution is 2.21. The number of hydrogen-bond acceptors (Lipinski definition) is 3. The van der Waals surface area contributed by atoms with Crippen LogP contribution < -0.4 is 5.56 Å². The van der Waals surface area contributed by atoms with Crippen LogP contribution in [0.2, 0.25) is 0 Å². The van der Waals surface area contributed by atoms with Crippen LogP contribution in [-0.4, -0.2) is 27.1 Å². The van der Waals surface area contributed by atoms with E-state index >= 15 is 0 Å². The summed E-state index contributed by atoms with van der Waals surface area (Å²) < 4.78 is 16.3. The highest BCUT2D eigenvalue weighted by Gasteiger charge is 2.23. The molecule has 0 aliphatic rings. The molecule has 0 bridgehead atoms. The molecule has 3 aromatic rings. The highest BCUT2D eigenvalue weighted by atomic mass is 79.9. The number of amides is 1. The summed E-state index contributed by atoms with van der Waals surface area (Å²) in [6, 6.07) is 11.3. The largest absolute Gasteiger partial charge is 0.329 e. The highest BCUT2D eigenvalue weighted by molar-refractivity contribution is 9.10. The number of halogens is 2. The Morgan fingerprint density at radius 2 is 1.97 bits per heavy atom. The second-order valence-corrected chi connectivity index (χ2v) is 7.86. The van der Waals surface area contributed by atoms with Gasteiger partial charge in [-0.3, -0.25) is 9.59 Å². The van der Waals surface area contributed by atoms with Crippen molar-refractivity contribution in [1.82, 2.24) is 14.7 Å². The maximum atomic E-state index is 14.3. The van der Waals surface area contributed by atoms with Gasteiger partial charge in [0.2, 0.25) is 0 Å². The molecule has 29 heavy (non-hydrogen) atoms. The van der Waals surface area contributed by atoms with Crippen LogP contribution in [-0.2, 0) is 6.54 Å². The summed E-state index contributed by atoms with van der Waals surface area (Å²) in [6.45, 7) is 7.62. The molecule has 0 aliphatic carbocycles. The van der Waals surface area contributed by atoms with Crippen LogP contribution in [0.25, 0.3) is 10.8 Å². The van der Waals surface area contributed by atoms with Crippen molar-refractivity contribution < 1.29 is 9.18 Å². The molecule has 2 aromatic carbocycles. The third kappa shape index (κ3) is 4.29. The Labute approximate surface area is 176 Å². The summed E-state index contributed by atoms with van der Waals surface area (Å²) >= 11 is 3.33. The molecule has 1 heterocycles. The first kappa shape index (κ1) is 20.9. The minimum Gasteiger partial charge on any atom is -0.329 e. The third-order valence-corrected chi connectivity index (χ3v) is 5.02. The molecule has 0 N–H and O–H groups in total. The lowest BCUT2D eigenvalue weighted by Crippen LogP contribution is -2.35. The fraction of sp³-hybridized carbons (Fsp3) is 0.227. The molecule has 7 heteroatoms. The standard InChI is InChI=1S/C22H21BrFN3O2/c1-4-11-26(13-15-12-16(23)9-10-19(15)24)22(29)20-17-7-5-6-8-18(17)21(28)27(25-20)14(2)3/h4-10,12,14H,1,11,13H2,2-3H3. The van der Waals surface area contributed by atoms with E-state index in [4.69, 9.17) is 0 Å². The van der Waals surface area contributed by atoms with E-state index in [0.29, 0.717) is 16.3 Å². The van der Waals surface area contributed by atoms with Crippen LogP contribution in [0, 0.1) is 5.82 Å². The van der Waals surface area contributed by atoms with Crippen LogP contribution in [0.1, 0.15) is 35.9 Å². The minimum absolute atomic E-state index is 0.0486. The smallest absolute Gasteiger partial charge is 0.275 e. The van der Waals surface area contributed by atoms with Gasteiger partial charge in [0.15, 0.2) is 5.69 Å². The maximum Gasteiger partial charge on any atom is 0.275 e. The molecule has 150 valence electrons. The van der Waals surface area contributed by atoms with Crippen molar-refractivity contribution in [3.63, 3.8) is 0 Å². The van der Waals surface area contributed by atoms with Gasteiger partial charge in [-0.05, 0) is 38.1 Å². The van der Waals surface area contributed by atoms with Gasteiger partial charge in [-0.15, -0.1) is 6.58 Å². The van der Waals surface area contributed by atoms with Gasteiger partial charge in [-0.1, -0.05) is 40.2 Å². The third-order valence-electron chi connectivity index (χ3n) is 4.53. The van der Waals surface area contributed by atoms with Crippen molar-refractivity contribution in [2.75, 3.05) is 6.54 Å². The van der Waals surface area contributed by atoms with E-state index in [0.717, 1.165) is 4.47 Å². The van der Waals surface area contributed by atoms with Crippen LogP contribution >= 0.6 is 15.9 Å². The van der Waals surface area contributed by atoms with E-state index in [-0.39, 0.29) is 30.4 Å². The molecular weight excluding hydrogens is 437 g/mol. The van der Waals surface area contributed by atoms with Crippen LogP contribution in [0.4, 0.5) is 4.39 Å². The molecule has 0 fully saturated rings. The topological polar surface area (TPSA) is 55.2 Å². The van der Waals surface area contributed by atoms with Gasteiger partial charge < -0.3 is 4.90 Å². The fourth-order valence-corrected chi connectivity index (χ4v) is 3.52. The molecule has 0 aliphatic heterocycles. The predicted molar refractivity (Wildman–Crippen MR) is 115 cm³/mol. The predicted octanol–water partition coefficient (Wildman–Crippen LogP) is 4.71. The lowest BCUT2D eigenvalue weighted by atomic mass is 10.1.